The highest BCUT2D eigenvalue weighted by Crippen LogP contribution is 2.09. The molecule has 0 aliphatic carbocycles. The van der Waals surface area contributed by atoms with Crippen LogP contribution in [0.3, 0.4) is 0 Å². The number of carbonyl (C=O) groups is 1. The monoisotopic (exact) mass is 261 g/mol. The van der Waals surface area contributed by atoms with Crippen LogP contribution in [0.4, 0.5) is 10.5 Å². The maximum Gasteiger partial charge on any atom is 0.345 e. The van der Waals surface area contributed by atoms with Crippen molar-refractivity contribution in [2.24, 2.45) is 5.73 Å². The van der Waals surface area contributed by atoms with Crippen LogP contribution in [0, 0.1) is 0 Å². The Morgan fingerprint density at radius 3 is 2.11 bits per heavy atom. The number of phenolic OH excluding ortho intramolecular Hbond substituents is 1. The summed E-state index contributed by atoms with van der Waals surface area (Å²) in [5.41, 5.74) is 12.8. The lowest BCUT2D eigenvalue weighted by Crippen LogP contribution is -2.32. The van der Waals surface area contributed by atoms with E-state index in [0.717, 1.165) is 0 Å². The summed E-state index contributed by atoms with van der Waals surface area (Å²) in [4.78, 5) is 14.9. The Morgan fingerprint density at radius 1 is 1.05 bits per heavy atom. The van der Waals surface area contributed by atoms with E-state index in [1.54, 1.807) is 48.5 Å². The van der Waals surface area contributed by atoms with Crippen molar-refractivity contribution in [3.05, 3.63) is 54.6 Å². The maximum absolute atomic E-state index is 10.2. The molecule has 2 rings (SSSR count). The third-order valence-electron chi connectivity index (χ3n) is 1.91. The highest BCUT2D eigenvalue weighted by molar-refractivity contribution is 5.70. The van der Waals surface area contributed by atoms with Crippen molar-refractivity contribution in [2.75, 3.05) is 5.73 Å². The molecule has 0 aromatic heterocycles. The molecule has 0 unspecified atom stereocenters. The van der Waals surface area contributed by atoms with E-state index in [2.05, 4.69) is 0 Å². The van der Waals surface area contributed by atoms with Crippen LogP contribution in [0.1, 0.15) is 0 Å². The van der Waals surface area contributed by atoms with E-state index in [1.807, 2.05) is 11.5 Å². The van der Waals surface area contributed by atoms with Gasteiger partial charge >= 0.3 is 6.03 Å². The summed E-state index contributed by atoms with van der Waals surface area (Å²) in [6.45, 7) is 0. The fourth-order valence-electron chi connectivity index (χ4n) is 1.07. The topological polar surface area (TPSA) is 111 Å². The molecule has 0 radical (unpaired) electrons. The van der Waals surface area contributed by atoms with Crippen LogP contribution in [-0.2, 0) is 0 Å². The molecular formula is C13H15N3O3. The summed E-state index contributed by atoms with van der Waals surface area (Å²) in [6.07, 6.45) is 0. The minimum absolute atomic E-state index is 0.249. The number of hydrogen-bond donors (Lipinski definition) is 4. The average molecular weight is 261 g/mol. The van der Waals surface area contributed by atoms with Crippen LogP contribution in [-0.4, -0.2) is 11.1 Å². The van der Waals surface area contributed by atoms with Crippen molar-refractivity contribution in [1.82, 2.24) is 5.48 Å². The number of primary amides is 1. The molecule has 6 nitrogen and oxygen atoms in total. The number of anilines is 1. The van der Waals surface area contributed by atoms with Crippen molar-refractivity contribution >= 4 is 11.7 Å². The second kappa shape index (κ2) is 7.44. The summed E-state index contributed by atoms with van der Waals surface area (Å²) in [6, 6.07) is 14.5. The number of rotatable bonds is 2. The van der Waals surface area contributed by atoms with E-state index in [1.165, 1.54) is 0 Å². The summed E-state index contributed by atoms with van der Waals surface area (Å²) in [7, 11) is 0. The molecule has 0 aliphatic heterocycles. The quantitative estimate of drug-likeness (QED) is 0.374. The Hall–Kier alpha value is -2.89. The highest BCUT2D eigenvalue weighted by atomic mass is 16.7. The molecule has 0 fully saturated rings. The SMILES string of the molecule is NC(=O)NOc1ccccc1.Nc1ccc(O)cc1. The van der Waals surface area contributed by atoms with Crippen molar-refractivity contribution < 1.29 is 14.7 Å². The summed E-state index contributed by atoms with van der Waals surface area (Å²) in [5, 5.41) is 8.70. The largest absolute Gasteiger partial charge is 0.508 e. The number of nitrogens with two attached hydrogens (primary N) is 2. The number of nitrogen functional groups attached to an aromatic ring is 1. The predicted octanol–water partition coefficient (Wildman–Crippen LogP) is 1.62. The van der Waals surface area contributed by atoms with Gasteiger partial charge < -0.3 is 21.4 Å². The Morgan fingerprint density at radius 2 is 1.63 bits per heavy atom. The van der Waals surface area contributed by atoms with Gasteiger partial charge in [0.1, 0.15) is 5.75 Å². The lowest BCUT2D eigenvalue weighted by molar-refractivity contribution is 0.185. The molecule has 0 aliphatic rings. The van der Waals surface area contributed by atoms with Gasteiger partial charge in [-0.3, -0.25) is 0 Å². The molecule has 0 heterocycles. The predicted molar refractivity (Wildman–Crippen MR) is 72.3 cm³/mol. The maximum atomic E-state index is 10.2. The van der Waals surface area contributed by atoms with Gasteiger partial charge in [0, 0.05) is 5.69 Å². The number of aromatic hydroxyl groups is 1. The molecule has 2 amide bonds. The van der Waals surface area contributed by atoms with Gasteiger partial charge in [-0.1, -0.05) is 18.2 Å². The van der Waals surface area contributed by atoms with Gasteiger partial charge in [0.15, 0.2) is 5.75 Å². The van der Waals surface area contributed by atoms with Gasteiger partial charge in [0.2, 0.25) is 0 Å². The molecular weight excluding hydrogens is 246 g/mol. The van der Waals surface area contributed by atoms with Crippen molar-refractivity contribution in [1.29, 1.82) is 0 Å². The van der Waals surface area contributed by atoms with E-state index in [0.29, 0.717) is 11.4 Å². The van der Waals surface area contributed by atoms with Crippen molar-refractivity contribution in [3.8, 4) is 11.5 Å². The number of benzene rings is 2. The first kappa shape index (κ1) is 14.2. The fourth-order valence-corrected chi connectivity index (χ4v) is 1.07. The standard InChI is InChI=1S/C7H8N2O2.C6H7NO/c8-7(10)9-11-6-4-2-1-3-5-6;7-5-1-3-6(8)4-2-5/h1-5H,(H3,8,9,10);1-4,8H,7H2. The number of para-hydroxylation sites is 1. The number of nitrogens with one attached hydrogen (secondary N) is 1. The normalized spacial score (nSPS) is 8.84. The second-order valence-corrected chi connectivity index (χ2v) is 3.47. The van der Waals surface area contributed by atoms with E-state index >= 15 is 0 Å². The molecule has 0 saturated heterocycles. The first-order valence-electron chi connectivity index (χ1n) is 5.40. The molecule has 6 N–H and O–H groups in total. The van der Waals surface area contributed by atoms with Crippen LogP contribution in [0.2, 0.25) is 0 Å². The molecule has 0 saturated carbocycles. The average Bonchev–Trinajstić information content (AvgIpc) is 2.42. The van der Waals surface area contributed by atoms with E-state index in [9.17, 15) is 4.79 Å². The molecule has 2 aromatic rings. The van der Waals surface area contributed by atoms with E-state index in [-0.39, 0.29) is 5.75 Å². The van der Waals surface area contributed by atoms with Crippen LogP contribution >= 0.6 is 0 Å². The van der Waals surface area contributed by atoms with Gasteiger partial charge in [-0.05, 0) is 36.4 Å². The minimum atomic E-state index is -0.714. The molecule has 19 heavy (non-hydrogen) atoms. The lowest BCUT2D eigenvalue weighted by Gasteiger charge is -2.02. The molecule has 0 atom stereocenters. The number of carbonyl (C=O) groups excluding carboxylic acids is 1. The van der Waals surface area contributed by atoms with E-state index < -0.39 is 6.03 Å². The number of amides is 2. The smallest absolute Gasteiger partial charge is 0.345 e. The first-order valence-corrected chi connectivity index (χ1v) is 5.40. The molecule has 0 spiro atoms. The zero-order valence-electron chi connectivity index (χ0n) is 10.1. The summed E-state index contributed by atoms with van der Waals surface area (Å²) >= 11 is 0. The van der Waals surface area contributed by atoms with Crippen LogP contribution in [0.25, 0.3) is 0 Å². The van der Waals surface area contributed by atoms with Gasteiger partial charge in [0.25, 0.3) is 0 Å². The van der Waals surface area contributed by atoms with Gasteiger partial charge in [-0.2, -0.15) is 5.48 Å². The zero-order valence-corrected chi connectivity index (χ0v) is 10.1. The van der Waals surface area contributed by atoms with Gasteiger partial charge in [-0.15, -0.1) is 0 Å². The third-order valence-corrected chi connectivity index (χ3v) is 1.91. The molecule has 0 bridgehead atoms. The number of phenols is 1. The van der Waals surface area contributed by atoms with Crippen LogP contribution < -0.4 is 21.8 Å². The summed E-state index contributed by atoms with van der Waals surface area (Å²) < 4.78 is 0. The Kier molecular flexibility index (Phi) is 5.55. The number of hydroxylamine groups is 1. The Bertz CT molecular complexity index is 479. The lowest BCUT2D eigenvalue weighted by atomic mass is 10.3. The fraction of sp³-hybridized carbons (Fsp3) is 0. The zero-order chi connectivity index (χ0) is 14.1. The second-order valence-electron chi connectivity index (χ2n) is 3.47. The van der Waals surface area contributed by atoms with Crippen molar-refractivity contribution in [2.45, 2.75) is 0 Å². The first-order chi connectivity index (χ1) is 9.08. The van der Waals surface area contributed by atoms with Crippen LogP contribution in [0.15, 0.2) is 54.6 Å². The Balaban J connectivity index is 0.000000200. The van der Waals surface area contributed by atoms with Crippen LogP contribution in [0.5, 0.6) is 11.5 Å². The number of urea groups is 1. The van der Waals surface area contributed by atoms with Gasteiger partial charge in [-0.25, -0.2) is 4.79 Å². The Labute approximate surface area is 110 Å². The highest BCUT2D eigenvalue weighted by Gasteiger charge is 1.92. The minimum Gasteiger partial charge on any atom is -0.508 e. The van der Waals surface area contributed by atoms with Gasteiger partial charge in [0.05, 0.1) is 0 Å². The summed E-state index contributed by atoms with van der Waals surface area (Å²) in [5.74, 6) is 0.797. The van der Waals surface area contributed by atoms with E-state index in [4.69, 9.17) is 21.4 Å². The van der Waals surface area contributed by atoms with Crippen molar-refractivity contribution in [3.63, 3.8) is 0 Å². The number of hydrogen-bond acceptors (Lipinski definition) is 4. The third kappa shape index (κ3) is 6.42. The molecule has 100 valence electrons. The molecule has 2 aromatic carbocycles. The molecule has 6 heteroatoms.